The fourth-order valence-corrected chi connectivity index (χ4v) is 0.856. The van der Waals surface area contributed by atoms with Crippen LogP contribution in [-0.2, 0) is 0 Å². The molecule has 0 aliphatic heterocycles. The summed E-state index contributed by atoms with van der Waals surface area (Å²) in [4.78, 5) is 0. The number of halogens is 1. The largest absolute Gasteiger partial charge is 0.0753 e. The molecule has 0 bridgehead atoms. The lowest BCUT2D eigenvalue weighted by atomic mass is 10.2. The molecule has 0 aliphatic rings. The van der Waals surface area contributed by atoms with E-state index in [1.807, 2.05) is 0 Å². The van der Waals surface area contributed by atoms with Crippen molar-refractivity contribution in [1.82, 2.24) is 0 Å². The SMILES string of the molecule is CC(C)=CC(Br)=C(C)C. The first kappa shape index (κ1) is 8.96. The summed E-state index contributed by atoms with van der Waals surface area (Å²) in [5.41, 5.74) is 2.64. The molecule has 0 N–H and O–H groups in total. The van der Waals surface area contributed by atoms with Gasteiger partial charge in [-0.3, -0.25) is 0 Å². The highest BCUT2D eigenvalue weighted by Gasteiger charge is 1.86. The Hall–Kier alpha value is -0.0400. The molecule has 9 heavy (non-hydrogen) atoms. The van der Waals surface area contributed by atoms with Crippen LogP contribution in [0.3, 0.4) is 0 Å². The van der Waals surface area contributed by atoms with Crippen LogP contribution in [0.4, 0.5) is 0 Å². The zero-order chi connectivity index (χ0) is 7.44. The first-order chi connectivity index (χ1) is 4.04. The zero-order valence-electron chi connectivity index (χ0n) is 6.46. The highest BCUT2D eigenvalue weighted by atomic mass is 79.9. The van der Waals surface area contributed by atoms with Crippen molar-refractivity contribution in [3.63, 3.8) is 0 Å². The predicted molar refractivity (Wildman–Crippen MR) is 46.7 cm³/mol. The number of rotatable bonds is 1. The average Bonchev–Trinajstić information content (AvgIpc) is 1.63. The van der Waals surface area contributed by atoms with Gasteiger partial charge >= 0.3 is 0 Å². The van der Waals surface area contributed by atoms with Gasteiger partial charge in [-0.05, 0) is 33.8 Å². The van der Waals surface area contributed by atoms with Crippen LogP contribution >= 0.6 is 15.9 Å². The van der Waals surface area contributed by atoms with Crippen LogP contribution in [0.15, 0.2) is 21.7 Å². The van der Waals surface area contributed by atoms with E-state index in [1.54, 1.807) is 0 Å². The quantitative estimate of drug-likeness (QED) is 0.552. The predicted octanol–water partition coefficient (Wildman–Crippen LogP) is 3.64. The summed E-state index contributed by atoms with van der Waals surface area (Å²) in [6, 6.07) is 0. The molecule has 0 aliphatic carbocycles. The highest BCUT2D eigenvalue weighted by Crippen LogP contribution is 2.14. The van der Waals surface area contributed by atoms with Crippen LogP contribution in [0, 0.1) is 0 Å². The molecule has 0 amide bonds. The summed E-state index contributed by atoms with van der Waals surface area (Å²) in [6.45, 7) is 8.35. The van der Waals surface area contributed by atoms with Gasteiger partial charge in [0.05, 0.1) is 0 Å². The summed E-state index contributed by atoms with van der Waals surface area (Å²) in [5.74, 6) is 0. The Balaban J connectivity index is 4.25. The monoisotopic (exact) mass is 188 g/mol. The van der Waals surface area contributed by atoms with Gasteiger partial charge in [-0.15, -0.1) is 0 Å². The molecule has 52 valence electrons. The standard InChI is InChI=1S/C8H13Br/c1-6(2)5-8(9)7(3)4/h5H,1-4H3. The maximum absolute atomic E-state index is 3.45. The third-order valence-electron chi connectivity index (χ3n) is 0.893. The van der Waals surface area contributed by atoms with Crippen molar-refractivity contribution >= 4 is 15.9 Å². The topological polar surface area (TPSA) is 0 Å². The lowest BCUT2D eigenvalue weighted by Gasteiger charge is -1.93. The second-order valence-corrected chi connectivity index (χ2v) is 3.42. The maximum Gasteiger partial charge on any atom is 0.0161 e. The molecule has 0 aromatic carbocycles. The minimum absolute atomic E-state index is 1.20. The van der Waals surface area contributed by atoms with Gasteiger partial charge in [0.25, 0.3) is 0 Å². The summed E-state index contributed by atoms with van der Waals surface area (Å²) < 4.78 is 1.20. The van der Waals surface area contributed by atoms with Crippen molar-refractivity contribution < 1.29 is 0 Å². The summed E-state index contributed by atoms with van der Waals surface area (Å²) in [7, 11) is 0. The van der Waals surface area contributed by atoms with Crippen LogP contribution in [0.5, 0.6) is 0 Å². The molecule has 0 heterocycles. The summed E-state index contributed by atoms with van der Waals surface area (Å²) >= 11 is 3.45. The van der Waals surface area contributed by atoms with Gasteiger partial charge in [0.2, 0.25) is 0 Å². The normalized spacial score (nSPS) is 8.56. The first-order valence-electron chi connectivity index (χ1n) is 3.02. The molecule has 0 spiro atoms. The van der Waals surface area contributed by atoms with Crippen molar-refractivity contribution in [2.75, 3.05) is 0 Å². The number of hydrogen-bond donors (Lipinski definition) is 0. The first-order valence-corrected chi connectivity index (χ1v) is 3.81. The van der Waals surface area contributed by atoms with Crippen LogP contribution in [0.2, 0.25) is 0 Å². The van der Waals surface area contributed by atoms with E-state index in [1.165, 1.54) is 15.6 Å². The maximum atomic E-state index is 3.45. The molecule has 0 radical (unpaired) electrons. The van der Waals surface area contributed by atoms with Gasteiger partial charge < -0.3 is 0 Å². The van der Waals surface area contributed by atoms with Crippen molar-refractivity contribution in [1.29, 1.82) is 0 Å². The molecular formula is C8H13Br. The van der Waals surface area contributed by atoms with Crippen LogP contribution < -0.4 is 0 Å². The Bertz CT molecular complexity index is 144. The Morgan fingerprint density at radius 2 is 1.56 bits per heavy atom. The zero-order valence-corrected chi connectivity index (χ0v) is 8.04. The van der Waals surface area contributed by atoms with Crippen molar-refractivity contribution in [2.24, 2.45) is 0 Å². The highest BCUT2D eigenvalue weighted by molar-refractivity contribution is 9.11. The summed E-state index contributed by atoms with van der Waals surface area (Å²) in [5, 5.41) is 0. The van der Waals surface area contributed by atoms with Crippen LogP contribution in [0.25, 0.3) is 0 Å². The lowest BCUT2D eigenvalue weighted by molar-refractivity contribution is 1.34. The smallest absolute Gasteiger partial charge is 0.0161 e. The fraction of sp³-hybridized carbons (Fsp3) is 0.500. The van der Waals surface area contributed by atoms with Crippen LogP contribution in [0.1, 0.15) is 27.7 Å². The van der Waals surface area contributed by atoms with Crippen molar-refractivity contribution in [3.8, 4) is 0 Å². The van der Waals surface area contributed by atoms with E-state index in [9.17, 15) is 0 Å². The van der Waals surface area contributed by atoms with Gasteiger partial charge in [-0.25, -0.2) is 0 Å². The van der Waals surface area contributed by atoms with E-state index in [2.05, 4.69) is 49.7 Å². The van der Waals surface area contributed by atoms with E-state index < -0.39 is 0 Å². The van der Waals surface area contributed by atoms with E-state index in [4.69, 9.17) is 0 Å². The Kier molecular flexibility index (Phi) is 3.87. The molecular weight excluding hydrogens is 176 g/mol. The van der Waals surface area contributed by atoms with Crippen LogP contribution in [-0.4, -0.2) is 0 Å². The molecule has 0 aromatic heterocycles. The summed E-state index contributed by atoms with van der Waals surface area (Å²) in [6.07, 6.45) is 2.12. The van der Waals surface area contributed by atoms with Gasteiger partial charge in [0.15, 0.2) is 0 Å². The van der Waals surface area contributed by atoms with Gasteiger partial charge in [-0.2, -0.15) is 0 Å². The Morgan fingerprint density at radius 1 is 1.11 bits per heavy atom. The third kappa shape index (κ3) is 4.46. The van der Waals surface area contributed by atoms with E-state index in [0.717, 1.165) is 0 Å². The lowest BCUT2D eigenvalue weighted by Crippen LogP contribution is -1.70. The molecule has 0 unspecified atom stereocenters. The molecule has 0 atom stereocenters. The molecule has 0 saturated heterocycles. The second-order valence-electron chi connectivity index (χ2n) is 2.57. The second kappa shape index (κ2) is 3.89. The third-order valence-corrected chi connectivity index (χ3v) is 1.91. The number of allylic oxidation sites excluding steroid dienone is 4. The van der Waals surface area contributed by atoms with Gasteiger partial charge in [-0.1, -0.05) is 27.1 Å². The average molecular weight is 189 g/mol. The minimum Gasteiger partial charge on any atom is -0.0753 e. The van der Waals surface area contributed by atoms with E-state index >= 15 is 0 Å². The Labute approximate surface area is 65.8 Å². The van der Waals surface area contributed by atoms with Gasteiger partial charge in [0, 0.05) is 4.48 Å². The molecule has 0 saturated carbocycles. The Morgan fingerprint density at radius 3 is 1.67 bits per heavy atom. The number of hydrogen-bond acceptors (Lipinski definition) is 0. The molecule has 0 fully saturated rings. The fourth-order valence-electron chi connectivity index (χ4n) is 0.398. The van der Waals surface area contributed by atoms with Crippen molar-refractivity contribution in [3.05, 3.63) is 21.7 Å². The van der Waals surface area contributed by atoms with Gasteiger partial charge in [0.1, 0.15) is 0 Å². The molecule has 0 nitrogen and oxygen atoms in total. The molecule has 0 rings (SSSR count). The molecule has 1 heteroatoms. The minimum atomic E-state index is 1.20. The molecule has 0 aromatic rings. The van der Waals surface area contributed by atoms with Crippen molar-refractivity contribution in [2.45, 2.75) is 27.7 Å². The van der Waals surface area contributed by atoms with E-state index in [-0.39, 0.29) is 0 Å². The van der Waals surface area contributed by atoms with E-state index in [0.29, 0.717) is 0 Å².